The first-order valence-electron chi connectivity index (χ1n) is 7.14. The van der Waals surface area contributed by atoms with E-state index in [4.69, 9.17) is 8.94 Å². The summed E-state index contributed by atoms with van der Waals surface area (Å²) in [6.07, 6.45) is 1.78. The second-order valence-electron chi connectivity index (χ2n) is 5.32. The van der Waals surface area contributed by atoms with Crippen LogP contribution in [0.2, 0.25) is 0 Å². The van der Waals surface area contributed by atoms with Crippen LogP contribution < -0.4 is 4.90 Å². The molecule has 1 saturated heterocycles. The largest absolute Gasteiger partial charge is 0.459 e. The molecule has 0 saturated carbocycles. The molecule has 1 amide bonds. The molecule has 0 spiro atoms. The van der Waals surface area contributed by atoms with Gasteiger partial charge in [0.25, 0.3) is 5.89 Å². The fraction of sp³-hybridized carbons (Fsp3) is 0.188. The van der Waals surface area contributed by atoms with Crippen molar-refractivity contribution in [1.82, 2.24) is 10.1 Å². The Labute approximate surface area is 130 Å². The number of nitrogens with zero attached hydrogens (tertiary/aromatic N) is 3. The molecule has 4 rings (SSSR count). The number of aromatic nitrogens is 2. The first kappa shape index (κ1) is 13.7. The number of rotatable bonds is 3. The predicted molar refractivity (Wildman–Crippen MR) is 78.1 cm³/mol. The molecule has 0 radical (unpaired) electrons. The van der Waals surface area contributed by atoms with E-state index in [0.717, 1.165) is 0 Å². The maximum atomic E-state index is 13.3. The number of benzene rings is 1. The van der Waals surface area contributed by atoms with Gasteiger partial charge in [0.15, 0.2) is 11.6 Å². The highest BCUT2D eigenvalue weighted by molar-refractivity contribution is 5.96. The van der Waals surface area contributed by atoms with Crippen LogP contribution in [0.15, 0.2) is 51.6 Å². The Morgan fingerprint density at radius 3 is 2.96 bits per heavy atom. The van der Waals surface area contributed by atoms with Crippen molar-refractivity contribution in [3.8, 4) is 11.7 Å². The number of amides is 1. The van der Waals surface area contributed by atoms with Crippen molar-refractivity contribution in [2.24, 2.45) is 0 Å². The molecule has 116 valence electrons. The van der Waals surface area contributed by atoms with Gasteiger partial charge in [-0.1, -0.05) is 11.2 Å². The van der Waals surface area contributed by atoms with Crippen LogP contribution in [0.3, 0.4) is 0 Å². The molecule has 1 aliphatic rings. The summed E-state index contributed by atoms with van der Waals surface area (Å²) < 4.78 is 23.7. The first-order valence-corrected chi connectivity index (χ1v) is 7.14. The molecule has 3 heterocycles. The molecule has 3 aromatic rings. The van der Waals surface area contributed by atoms with Gasteiger partial charge in [0, 0.05) is 24.6 Å². The van der Waals surface area contributed by atoms with Gasteiger partial charge in [-0.3, -0.25) is 4.79 Å². The molecule has 0 unspecified atom stereocenters. The van der Waals surface area contributed by atoms with Crippen LogP contribution in [0, 0.1) is 5.82 Å². The smallest absolute Gasteiger partial charge is 0.293 e. The number of anilines is 1. The Kier molecular flexibility index (Phi) is 3.18. The van der Waals surface area contributed by atoms with E-state index in [1.807, 2.05) is 0 Å². The van der Waals surface area contributed by atoms with Crippen molar-refractivity contribution in [2.75, 3.05) is 11.4 Å². The van der Waals surface area contributed by atoms with Crippen LogP contribution in [0.25, 0.3) is 11.7 Å². The molecule has 23 heavy (non-hydrogen) atoms. The van der Waals surface area contributed by atoms with Crippen LogP contribution in [0.5, 0.6) is 0 Å². The van der Waals surface area contributed by atoms with Gasteiger partial charge in [0.2, 0.25) is 5.91 Å². The van der Waals surface area contributed by atoms with Gasteiger partial charge in [-0.15, -0.1) is 0 Å². The van der Waals surface area contributed by atoms with Crippen molar-refractivity contribution in [3.63, 3.8) is 0 Å². The Morgan fingerprint density at radius 2 is 2.17 bits per heavy atom. The number of hydrogen-bond donors (Lipinski definition) is 0. The van der Waals surface area contributed by atoms with E-state index in [-0.39, 0.29) is 30.0 Å². The first-order chi connectivity index (χ1) is 11.2. The highest BCUT2D eigenvalue weighted by Gasteiger charge is 2.34. The lowest BCUT2D eigenvalue weighted by Crippen LogP contribution is -2.24. The van der Waals surface area contributed by atoms with E-state index < -0.39 is 0 Å². The quantitative estimate of drug-likeness (QED) is 0.743. The zero-order valence-corrected chi connectivity index (χ0v) is 12.0. The van der Waals surface area contributed by atoms with Crippen LogP contribution in [-0.4, -0.2) is 22.6 Å². The summed E-state index contributed by atoms with van der Waals surface area (Å²) in [5.74, 6) is 0.543. The Bertz CT molecular complexity index is 844. The average molecular weight is 313 g/mol. The normalized spacial score (nSPS) is 17.9. The molecular weight excluding hydrogens is 301 g/mol. The minimum atomic E-state index is -0.376. The summed E-state index contributed by atoms with van der Waals surface area (Å²) in [5.41, 5.74) is 0.534. The van der Waals surface area contributed by atoms with Crippen molar-refractivity contribution in [3.05, 3.63) is 54.3 Å². The van der Waals surface area contributed by atoms with Crippen molar-refractivity contribution < 1.29 is 18.1 Å². The fourth-order valence-corrected chi connectivity index (χ4v) is 2.68. The van der Waals surface area contributed by atoms with Gasteiger partial charge in [-0.2, -0.15) is 4.98 Å². The lowest BCUT2D eigenvalue weighted by atomic mass is 10.1. The summed E-state index contributed by atoms with van der Waals surface area (Å²) in [4.78, 5) is 18.0. The Morgan fingerprint density at radius 1 is 1.26 bits per heavy atom. The summed E-state index contributed by atoms with van der Waals surface area (Å²) in [6.45, 7) is 0.388. The van der Waals surface area contributed by atoms with Gasteiger partial charge >= 0.3 is 0 Å². The summed E-state index contributed by atoms with van der Waals surface area (Å²) in [7, 11) is 0. The predicted octanol–water partition coefficient (Wildman–Crippen LogP) is 2.99. The van der Waals surface area contributed by atoms with E-state index in [1.54, 1.807) is 24.3 Å². The average Bonchev–Trinajstić information content (AvgIpc) is 3.27. The second-order valence-corrected chi connectivity index (χ2v) is 5.32. The molecule has 1 aliphatic heterocycles. The highest BCUT2D eigenvalue weighted by atomic mass is 19.1. The third-order valence-electron chi connectivity index (χ3n) is 3.78. The van der Waals surface area contributed by atoms with Crippen molar-refractivity contribution in [1.29, 1.82) is 0 Å². The monoisotopic (exact) mass is 313 g/mol. The molecule has 1 atom stereocenters. The lowest BCUT2D eigenvalue weighted by molar-refractivity contribution is -0.117. The molecule has 7 heteroatoms. The Balaban J connectivity index is 1.57. The van der Waals surface area contributed by atoms with Gasteiger partial charge in [0.05, 0.1) is 6.26 Å². The van der Waals surface area contributed by atoms with E-state index in [1.165, 1.54) is 23.3 Å². The molecule has 2 aromatic heterocycles. The van der Waals surface area contributed by atoms with Crippen LogP contribution in [0.4, 0.5) is 10.1 Å². The molecule has 0 aliphatic carbocycles. The van der Waals surface area contributed by atoms with Gasteiger partial charge in [0.1, 0.15) is 5.82 Å². The topological polar surface area (TPSA) is 72.4 Å². The molecule has 0 bridgehead atoms. The third kappa shape index (κ3) is 2.50. The van der Waals surface area contributed by atoms with Gasteiger partial charge < -0.3 is 13.8 Å². The second kappa shape index (κ2) is 5.35. The fourth-order valence-electron chi connectivity index (χ4n) is 2.68. The Hall–Kier alpha value is -2.96. The number of carbonyl (C=O) groups excluding carboxylic acids is 1. The number of furan rings is 1. The number of carbonyl (C=O) groups is 1. The van der Waals surface area contributed by atoms with Crippen molar-refractivity contribution in [2.45, 2.75) is 12.3 Å². The summed E-state index contributed by atoms with van der Waals surface area (Å²) >= 11 is 0. The SMILES string of the molecule is O=C1C[C@H](c2noc(-c3ccco3)n2)CN1c1cccc(F)c1. The maximum Gasteiger partial charge on any atom is 0.293 e. The highest BCUT2D eigenvalue weighted by Crippen LogP contribution is 2.31. The molecule has 6 nitrogen and oxygen atoms in total. The molecule has 1 aromatic carbocycles. The van der Waals surface area contributed by atoms with E-state index in [0.29, 0.717) is 23.8 Å². The van der Waals surface area contributed by atoms with E-state index >= 15 is 0 Å². The number of hydrogen-bond acceptors (Lipinski definition) is 5. The molecular formula is C16H12FN3O3. The van der Waals surface area contributed by atoms with Crippen LogP contribution in [0.1, 0.15) is 18.2 Å². The zero-order chi connectivity index (χ0) is 15.8. The standard InChI is InChI=1S/C16H12FN3O3/c17-11-3-1-4-12(8-11)20-9-10(7-14(20)21)15-18-16(23-19-15)13-5-2-6-22-13/h1-6,8,10H,7,9H2/t10-/m0/s1. The zero-order valence-electron chi connectivity index (χ0n) is 12.0. The lowest BCUT2D eigenvalue weighted by Gasteiger charge is -2.15. The van der Waals surface area contributed by atoms with Crippen LogP contribution in [-0.2, 0) is 4.79 Å². The van der Waals surface area contributed by atoms with Crippen LogP contribution >= 0.6 is 0 Å². The number of halogens is 1. The molecule has 1 fully saturated rings. The molecule has 0 N–H and O–H groups in total. The minimum absolute atomic E-state index is 0.0926. The van der Waals surface area contributed by atoms with Gasteiger partial charge in [-0.05, 0) is 30.3 Å². The maximum absolute atomic E-state index is 13.3. The summed E-state index contributed by atoms with van der Waals surface area (Å²) in [6, 6.07) is 9.41. The van der Waals surface area contributed by atoms with Gasteiger partial charge in [-0.25, -0.2) is 4.39 Å². The van der Waals surface area contributed by atoms with Crippen molar-refractivity contribution >= 4 is 11.6 Å². The minimum Gasteiger partial charge on any atom is -0.459 e. The van der Waals surface area contributed by atoms with E-state index in [2.05, 4.69) is 10.1 Å². The van der Waals surface area contributed by atoms with E-state index in [9.17, 15) is 9.18 Å². The third-order valence-corrected chi connectivity index (χ3v) is 3.78. The summed E-state index contributed by atoms with van der Waals surface area (Å²) in [5, 5.41) is 3.94.